The van der Waals surface area contributed by atoms with Gasteiger partial charge in [0.25, 0.3) is 0 Å². The number of aliphatic hydroxyl groups excluding tert-OH is 10. The number of carboxylic acids is 2. The van der Waals surface area contributed by atoms with E-state index in [1.165, 1.54) is 0 Å². The Hall–Kier alpha value is -1.46. The quantitative estimate of drug-likeness (QED) is 0.165. The summed E-state index contributed by atoms with van der Waals surface area (Å²) in [5, 5.41) is 104. The van der Waals surface area contributed by atoms with E-state index in [1.807, 2.05) is 0 Å². The zero-order chi connectivity index (χ0) is 21.2. The van der Waals surface area contributed by atoms with Crippen LogP contribution in [0.2, 0.25) is 0 Å². The summed E-state index contributed by atoms with van der Waals surface area (Å²) in [7, 11) is 0. The predicted molar refractivity (Wildman–Crippen MR) is 77.5 cm³/mol. The topological polar surface area (TPSA) is 277 Å². The van der Waals surface area contributed by atoms with Gasteiger partial charge in [0.15, 0.2) is 12.2 Å². The van der Waals surface area contributed by atoms with Crippen LogP contribution in [-0.2, 0) is 9.59 Å². The second-order valence-corrected chi connectivity index (χ2v) is 5.03. The van der Waals surface area contributed by atoms with Crippen LogP contribution >= 0.6 is 0 Å². The third kappa shape index (κ3) is 8.77. The lowest BCUT2D eigenvalue weighted by Gasteiger charge is -2.24. The Balaban J connectivity index is 0. The molecule has 0 heterocycles. The number of aliphatic carboxylic acids is 2. The molecule has 0 saturated carbocycles. The van der Waals surface area contributed by atoms with Gasteiger partial charge in [-0.15, -0.1) is 0 Å². The summed E-state index contributed by atoms with van der Waals surface area (Å²) < 4.78 is 0. The number of carbonyl (C=O) groups is 2. The third-order valence-corrected chi connectivity index (χ3v) is 3.02. The zero-order valence-corrected chi connectivity index (χ0v) is 13.2. The van der Waals surface area contributed by atoms with Crippen molar-refractivity contribution < 1.29 is 70.9 Å². The molecule has 0 aromatic carbocycles. The standard InChI is InChI=1S/C6H10O8.C6H14O6/c7-1(3(9)5(11)12)2(8)4(10)6(13)14;7-1-3(9)5(11)6(12)4(10)2-8/h1-4,7-10H,(H,11,12)(H,13,14);3-12H,1-2H2. The Morgan fingerprint density at radius 1 is 0.538 bits per heavy atom. The van der Waals surface area contributed by atoms with Gasteiger partial charge in [-0.3, -0.25) is 0 Å². The normalized spacial score (nSPS) is 20.4. The summed E-state index contributed by atoms with van der Waals surface area (Å²) in [4.78, 5) is 20.2. The van der Waals surface area contributed by atoms with Gasteiger partial charge in [0.1, 0.15) is 36.6 Å². The third-order valence-electron chi connectivity index (χ3n) is 3.02. The van der Waals surface area contributed by atoms with Crippen LogP contribution in [-0.4, -0.2) is 135 Å². The smallest absolute Gasteiger partial charge is 0.335 e. The average molecular weight is 392 g/mol. The highest BCUT2D eigenvalue weighted by Gasteiger charge is 2.37. The molecule has 26 heavy (non-hydrogen) atoms. The fourth-order valence-electron chi connectivity index (χ4n) is 1.34. The van der Waals surface area contributed by atoms with Gasteiger partial charge in [-0.05, 0) is 0 Å². The van der Waals surface area contributed by atoms with E-state index in [1.54, 1.807) is 0 Å². The highest BCUT2D eigenvalue weighted by atomic mass is 16.4. The number of hydrogen-bond acceptors (Lipinski definition) is 12. The van der Waals surface area contributed by atoms with Crippen molar-refractivity contribution in [1.29, 1.82) is 0 Å². The van der Waals surface area contributed by atoms with Gasteiger partial charge in [-0.25, -0.2) is 9.59 Å². The highest BCUT2D eigenvalue weighted by molar-refractivity contribution is 5.75. The van der Waals surface area contributed by atoms with Gasteiger partial charge >= 0.3 is 11.9 Å². The lowest BCUT2D eigenvalue weighted by atomic mass is 10.0. The van der Waals surface area contributed by atoms with Gasteiger partial charge in [0.2, 0.25) is 0 Å². The SMILES string of the molecule is O=C(O)C(O)C(O)C(O)C(O)C(=O)O.OCC(O)C(O)C(O)C(O)CO. The van der Waals surface area contributed by atoms with Crippen molar-refractivity contribution in [2.75, 3.05) is 13.2 Å². The predicted octanol–water partition coefficient (Wildman–Crippen LogP) is -6.99. The van der Waals surface area contributed by atoms with Crippen molar-refractivity contribution in [3.63, 3.8) is 0 Å². The van der Waals surface area contributed by atoms with Gasteiger partial charge < -0.3 is 61.3 Å². The fourth-order valence-corrected chi connectivity index (χ4v) is 1.34. The highest BCUT2D eigenvalue weighted by Crippen LogP contribution is 2.06. The maximum absolute atomic E-state index is 10.1. The lowest BCUT2D eigenvalue weighted by molar-refractivity contribution is -0.172. The van der Waals surface area contributed by atoms with E-state index in [-0.39, 0.29) is 0 Å². The number of carboxylic acid groups (broad SMARTS) is 2. The summed E-state index contributed by atoms with van der Waals surface area (Å²) in [6, 6.07) is 0. The minimum absolute atomic E-state index is 0.726. The second-order valence-electron chi connectivity index (χ2n) is 5.03. The van der Waals surface area contributed by atoms with E-state index >= 15 is 0 Å². The van der Waals surface area contributed by atoms with Crippen molar-refractivity contribution >= 4 is 11.9 Å². The van der Waals surface area contributed by atoms with Crippen LogP contribution in [0, 0.1) is 0 Å². The Morgan fingerprint density at radius 3 is 0.923 bits per heavy atom. The van der Waals surface area contributed by atoms with Crippen molar-refractivity contribution in [2.24, 2.45) is 0 Å². The van der Waals surface area contributed by atoms with E-state index in [2.05, 4.69) is 0 Å². The lowest BCUT2D eigenvalue weighted by Crippen LogP contribution is -2.49. The molecule has 0 bridgehead atoms. The molecule has 0 saturated heterocycles. The molecule has 0 aliphatic heterocycles. The van der Waals surface area contributed by atoms with Gasteiger partial charge in [-0.2, -0.15) is 0 Å². The van der Waals surface area contributed by atoms with E-state index in [0.29, 0.717) is 0 Å². The van der Waals surface area contributed by atoms with Gasteiger partial charge in [0.05, 0.1) is 13.2 Å². The molecule has 0 aromatic rings. The molecule has 8 unspecified atom stereocenters. The second kappa shape index (κ2) is 12.8. The largest absolute Gasteiger partial charge is 0.479 e. The van der Waals surface area contributed by atoms with E-state index < -0.39 is 74.0 Å². The molecule has 14 heteroatoms. The minimum Gasteiger partial charge on any atom is -0.479 e. The molecule has 12 N–H and O–H groups in total. The minimum atomic E-state index is -2.36. The molecule has 14 nitrogen and oxygen atoms in total. The van der Waals surface area contributed by atoms with Crippen molar-refractivity contribution in [3.05, 3.63) is 0 Å². The summed E-state index contributed by atoms with van der Waals surface area (Å²) >= 11 is 0. The summed E-state index contributed by atoms with van der Waals surface area (Å²) in [6.07, 6.45) is -15.7. The number of aliphatic hydroxyl groups is 10. The first kappa shape index (κ1) is 26.8. The first-order valence-corrected chi connectivity index (χ1v) is 6.95. The van der Waals surface area contributed by atoms with Crippen LogP contribution in [0.5, 0.6) is 0 Å². The molecule has 0 rings (SSSR count). The maximum Gasteiger partial charge on any atom is 0.335 e. The molecule has 0 fully saturated rings. The van der Waals surface area contributed by atoms with Gasteiger partial charge in [-0.1, -0.05) is 0 Å². The Labute approximate surface area is 146 Å². The molecular weight excluding hydrogens is 368 g/mol. The molecule has 0 amide bonds. The Morgan fingerprint density at radius 2 is 0.769 bits per heavy atom. The van der Waals surface area contributed by atoms with Crippen molar-refractivity contribution in [1.82, 2.24) is 0 Å². The molecule has 0 radical (unpaired) electrons. The molecule has 0 aliphatic carbocycles. The van der Waals surface area contributed by atoms with E-state index in [9.17, 15) is 9.59 Å². The molecule has 0 spiro atoms. The van der Waals surface area contributed by atoms with Crippen molar-refractivity contribution in [3.8, 4) is 0 Å². The monoisotopic (exact) mass is 392 g/mol. The van der Waals surface area contributed by atoms with Crippen LogP contribution < -0.4 is 0 Å². The molecule has 8 atom stereocenters. The Kier molecular flexibility index (Phi) is 13.2. The van der Waals surface area contributed by atoms with E-state index in [4.69, 9.17) is 61.3 Å². The Bertz CT molecular complexity index is 379. The first-order valence-electron chi connectivity index (χ1n) is 6.95. The van der Waals surface area contributed by atoms with Crippen LogP contribution in [0.3, 0.4) is 0 Å². The van der Waals surface area contributed by atoms with Gasteiger partial charge in [0, 0.05) is 0 Å². The van der Waals surface area contributed by atoms with Crippen LogP contribution in [0.25, 0.3) is 0 Å². The molecule has 0 aliphatic rings. The summed E-state index contributed by atoms with van der Waals surface area (Å²) in [6.45, 7) is -1.45. The molecule has 0 aromatic heterocycles. The molecular formula is C12H24O14. The zero-order valence-electron chi connectivity index (χ0n) is 13.2. The summed E-state index contributed by atoms with van der Waals surface area (Å²) in [5.41, 5.74) is 0. The van der Waals surface area contributed by atoms with Crippen LogP contribution in [0.15, 0.2) is 0 Å². The number of hydrogen-bond donors (Lipinski definition) is 12. The molecule has 156 valence electrons. The maximum atomic E-state index is 10.1. The number of rotatable bonds is 10. The van der Waals surface area contributed by atoms with E-state index in [0.717, 1.165) is 0 Å². The van der Waals surface area contributed by atoms with Crippen LogP contribution in [0.4, 0.5) is 0 Å². The fraction of sp³-hybridized carbons (Fsp3) is 0.833. The van der Waals surface area contributed by atoms with Crippen molar-refractivity contribution in [2.45, 2.75) is 48.8 Å². The van der Waals surface area contributed by atoms with Crippen LogP contribution in [0.1, 0.15) is 0 Å². The summed E-state index contributed by atoms with van der Waals surface area (Å²) in [5.74, 6) is -3.68. The average Bonchev–Trinajstić information content (AvgIpc) is 2.62. The first-order chi connectivity index (χ1) is 11.8.